The molecule has 20 aromatic rings. The zero-order chi connectivity index (χ0) is 80.9. The van der Waals surface area contributed by atoms with Crippen molar-refractivity contribution in [2.75, 3.05) is 28.4 Å². The molecule has 14 nitrogen and oxygen atoms in total. The van der Waals surface area contributed by atoms with Gasteiger partial charge in [-0.05, 0) is 261 Å². The molecule has 0 unspecified atom stereocenters. The van der Waals surface area contributed by atoms with Crippen LogP contribution in [0, 0.1) is 0 Å². The van der Waals surface area contributed by atoms with E-state index in [9.17, 15) is 0 Å². The van der Waals surface area contributed by atoms with Gasteiger partial charge < -0.3 is 37.8 Å². The molecule has 4 aromatic heterocycles. The van der Waals surface area contributed by atoms with E-state index in [1.165, 1.54) is 77.2 Å². The van der Waals surface area contributed by atoms with Gasteiger partial charge in [0.05, 0.1) is 50.5 Å². The van der Waals surface area contributed by atoms with Gasteiger partial charge in [0.2, 0.25) is 0 Å². The molecular formula is C104H77BBrN8O6. The number of aromatic nitrogens is 8. The largest absolute Gasteiger partial charge is 0.569 e. The predicted molar refractivity (Wildman–Crippen MR) is 487 cm³/mol. The lowest BCUT2D eigenvalue weighted by atomic mass is 9.83. The van der Waals surface area contributed by atoms with Crippen molar-refractivity contribution in [2.45, 2.75) is 25.7 Å². The zero-order valence-corrected chi connectivity index (χ0v) is 67.8. The Balaban J connectivity index is 0.000000126. The van der Waals surface area contributed by atoms with Crippen LogP contribution in [0.5, 0.6) is 28.7 Å². The molecule has 0 fully saturated rings. The van der Waals surface area contributed by atoms with E-state index in [-0.39, 0.29) is 0 Å². The second-order valence-electron chi connectivity index (χ2n) is 30.2. The van der Waals surface area contributed by atoms with Crippen LogP contribution < -0.4 is 23.6 Å². The van der Waals surface area contributed by atoms with Crippen LogP contribution in [0.2, 0.25) is 0 Å². The average Bonchev–Trinajstić information content (AvgIpc) is 1.61. The molecule has 2 aliphatic rings. The van der Waals surface area contributed by atoms with Crippen LogP contribution >= 0.6 is 15.9 Å². The summed E-state index contributed by atoms with van der Waals surface area (Å²) in [5, 5.41) is 36.6. The number of fused-ring (bicyclic) bond motifs is 12. The molecule has 2 aliphatic carbocycles. The number of hydrogen-bond acceptors (Lipinski definition) is 10. The normalized spacial score (nSPS) is 11.9. The van der Waals surface area contributed by atoms with Crippen molar-refractivity contribution in [3.63, 3.8) is 0 Å². The van der Waals surface area contributed by atoms with E-state index in [2.05, 4.69) is 239 Å². The lowest BCUT2D eigenvalue weighted by Gasteiger charge is -2.22. The fourth-order valence-corrected chi connectivity index (χ4v) is 17.7. The van der Waals surface area contributed by atoms with Crippen LogP contribution in [0.25, 0.3) is 145 Å². The van der Waals surface area contributed by atoms with E-state index >= 15 is 0 Å². The van der Waals surface area contributed by atoms with Crippen LogP contribution in [0.15, 0.2) is 344 Å². The molecule has 4 heterocycles. The molecule has 22 rings (SSSR count). The van der Waals surface area contributed by atoms with Gasteiger partial charge in [-0.1, -0.05) is 198 Å². The first-order chi connectivity index (χ1) is 59.1. The monoisotopic (exact) mass is 1620 g/mol. The first-order valence-corrected chi connectivity index (χ1v) is 40.7. The molecule has 0 atom stereocenters. The van der Waals surface area contributed by atoms with E-state index in [1.807, 2.05) is 138 Å². The first-order valence-electron chi connectivity index (χ1n) is 39.9. The highest BCUT2D eigenvalue weighted by Crippen LogP contribution is 2.43. The van der Waals surface area contributed by atoms with Crippen LogP contribution in [-0.2, 0) is 25.7 Å². The summed E-state index contributed by atoms with van der Waals surface area (Å²) < 4.78 is 37.3. The SMILES string of the molecule is COc1ccc2c(c1)c1cc(OC)ccc1n2-c1ccc2cc3c(cc2c1)Cc1ccc(-c2ccc(-c4nnc(-c5ccccc5)n4-c4ccccc4)cc2)cc1C3.COc1ccc2c(c1)c1cc(OC)ccc1n2-c1ccc2cc3c(cc2c1)Cc1ccc(Br)cc1C3.O[B]Oc1ccc(-c2nnc(-c3ccccc3)n2-c2ccccc2)cc1. The molecule has 1 radical (unpaired) electrons. The highest BCUT2D eigenvalue weighted by atomic mass is 79.9. The van der Waals surface area contributed by atoms with Crippen LogP contribution in [-0.4, -0.2) is 79.8 Å². The van der Waals surface area contributed by atoms with Crippen molar-refractivity contribution >= 4 is 88.8 Å². The summed E-state index contributed by atoms with van der Waals surface area (Å²) in [5.41, 5.74) is 26.4. The summed E-state index contributed by atoms with van der Waals surface area (Å²) in [6.45, 7) is 0. The Bertz CT molecular complexity index is 7170. The minimum Gasteiger partial charge on any atom is -0.537 e. The number of para-hydroxylation sites is 2. The van der Waals surface area contributed by atoms with E-state index in [4.69, 9.17) is 33.7 Å². The van der Waals surface area contributed by atoms with Gasteiger partial charge in [-0.15, -0.1) is 20.4 Å². The van der Waals surface area contributed by atoms with Gasteiger partial charge in [0, 0.05) is 71.0 Å². The van der Waals surface area contributed by atoms with Gasteiger partial charge in [-0.2, -0.15) is 0 Å². The number of rotatable bonds is 15. The molecule has 579 valence electrons. The van der Waals surface area contributed by atoms with Crippen LogP contribution in [0.4, 0.5) is 0 Å². The van der Waals surface area contributed by atoms with Gasteiger partial charge in [0.15, 0.2) is 23.3 Å². The van der Waals surface area contributed by atoms with Crippen molar-refractivity contribution in [3.05, 3.63) is 389 Å². The number of halogens is 1. The summed E-state index contributed by atoms with van der Waals surface area (Å²) >= 11 is 3.63. The first kappa shape index (κ1) is 74.3. The lowest BCUT2D eigenvalue weighted by Crippen LogP contribution is -2.07. The minimum atomic E-state index is 0.547. The fourth-order valence-electron chi connectivity index (χ4n) is 17.3. The molecule has 0 spiro atoms. The Hall–Kier alpha value is -14.6. The van der Waals surface area contributed by atoms with E-state index in [0.29, 0.717) is 13.4 Å². The van der Waals surface area contributed by atoms with E-state index in [0.717, 1.165) is 165 Å². The van der Waals surface area contributed by atoms with Crippen LogP contribution in [0.1, 0.15) is 44.5 Å². The van der Waals surface area contributed by atoms with Crippen LogP contribution in [0.3, 0.4) is 0 Å². The molecule has 120 heavy (non-hydrogen) atoms. The van der Waals surface area contributed by atoms with E-state index in [1.54, 1.807) is 40.6 Å². The highest BCUT2D eigenvalue weighted by molar-refractivity contribution is 9.10. The Morgan fingerprint density at radius 2 is 0.575 bits per heavy atom. The molecule has 0 amide bonds. The maximum atomic E-state index is 8.75. The maximum Gasteiger partial charge on any atom is 0.569 e. The lowest BCUT2D eigenvalue weighted by molar-refractivity contribution is 0.415. The zero-order valence-electron chi connectivity index (χ0n) is 66.2. The Morgan fingerprint density at radius 1 is 0.258 bits per heavy atom. The second-order valence-corrected chi connectivity index (χ2v) is 31.1. The Kier molecular flexibility index (Phi) is 19.7. The third-order valence-corrected chi connectivity index (χ3v) is 23.7. The number of benzene rings is 16. The molecular weight excluding hydrogens is 1550 g/mol. The summed E-state index contributed by atoms with van der Waals surface area (Å²) in [7, 11) is 7.51. The van der Waals surface area contributed by atoms with Gasteiger partial charge in [0.25, 0.3) is 0 Å². The molecule has 0 aliphatic heterocycles. The van der Waals surface area contributed by atoms with Gasteiger partial charge in [-0.3, -0.25) is 9.13 Å². The fraction of sp³-hybridized carbons (Fsp3) is 0.0769. The number of hydrogen-bond donors (Lipinski definition) is 1. The van der Waals surface area contributed by atoms with Gasteiger partial charge >= 0.3 is 7.69 Å². The van der Waals surface area contributed by atoms with Crippen molar-refractivity contribution in [3.8, 4) is 108 Å². The molecule has 16 heteroatoms. The Morgan fingerprint density at radius 3 is 0.967 bits per heavy atom. The highest BCUT2D eigenvalue weighted by Gasteiger charge is 2.25. The average molecular weight is 1630 g/mol. The summed E-state index contributed by atoms with van der Waals surface area (Å²) in [6, 6.07) is 119. The quantitative estimate of drug-likeness (QED) is 0.0988. The maximum absolute atomic E-state index is 8.75. The van der Waals surface area contributed by atoms with Crippen molar-refractivity contribution in [1.29, 1.82) is 0 Å². The molecule has 16 aromatic carbocycles. The third kappa shape index (κ3) is 14.0. The van der Waals surface area contributed by atoms with Gasteiger partial charge in [0.1, 0.15) is 28.7 Å². The molecule has 0 bridgehead atoms. The van der Waals surface area contributed by atoms with Crippen molar-refractivity contribution in [2.24, 2.45) is 0 Å². The van der Waals surface area contributed by atoms with Crippen molar-refractivity contribution < 1.29 is 28.6 Å². The summed E-state index contributed by atoms with van der Waals surface area (Å²) in [6.07, 6.45) is 3.79. The number of methoxy groups -OCH3 is 4. The smallest absolute Gasteiger partial charge is 0.537 e. The van der Waals surface area contributed by atoms with E-state index < -0.39 is 0 Å². The number of nitrogens with zero attached hydrogens (tertiary/aromatic N) is 8. The van der Waals surface area contributed by atoms with Gasteiger partial charge in [-0.25, -0.2) is 0 Å². The number of ether oxygens (including phenoxy) is 4. The van der Waals surface area contributed by atoms with Crippen molar-refractivity contribution in [1.82, 2.24) is 38.7 Å². The topological polar surface area (TPSA) is 138 Å². The summed E-state index contributed by atoms with van der Waals surface area (Å²) in [5.74, 6) is 7.06. The predicted octanol–water partition coefficient (Wildman–Crippen LogP) is 23.7. The molecule has 1 N–H and O–H groups in total. The second kappa shape index (κ2) is 31.8. The minimum absolute atomic E-state index is 0.547. The summed E-state index contributed by atoms with van der Waals surface area (Å²) in [4.78, 5) is 0. The molecule has 0 saturated carbocycles. The third-order valence-electron chi connectivity index (χ3n) is 23.3. The Labute approximate surface area is 702 Å². The molecule has 0 saturated heterocycles. The standard InChI is InChI=1S/C52H38N4O2.C32H24BrNO2.C20H15BN3O2/c1-57-45-21-23-49-47(31-45)48-32-46(58-2)22-24-50(48)55(49)44-20-19-38-27-40-28-39-25-36(17-18-37(39)26-41(40)29-42(38)30-44)33-13-15-35(16-14-33)52-54-53-51(34-9-5-3-6-10-34)56(52)43-11-7-4-8-12-43;1-35-27-7-9-31-29(17-27)30-18-28(36-2)8-10-32(30)34(31)26-6-4-20-12-21-13-23-15-25(33)5-3-19(23)11-22(21)14-24(20)16-26;25-21-26-18-13-11-16(12-14-18)20-23-22-19(15-7-3-1-4-8-15)24(20)17-9-5-2-6-10-17/h3-25,27,29-32H,26,28H2,1-2H3;3-10,12,14-18H,11,13H2,1-2H3;1-14,25H.